The van der Waals surface area contributed by atoms with E-state index in [0.29, 0.717) is 51.6 Å². The number of pyridine rings is 1. The minimum atomic E-state index is -0.179. The van der Waals surface area contributed by atoms with E-state index in [1.54, 1.807) is 39.5 Å². The van der Waals surface area contributed by atoms with Gasteiger partial charge in [-0.2, -0.15) is 5.10 Å². The first kappa shape index (κ1) is 24.1. The van der Waals surface area contributed by atoms with Crippen molar-refractivity contribution in [2.24, 2.45) is 0 Å². The lowest BCUT2D eigenvalue weighted by molar-refractivity contribution is 0.0955. The van der Waals surface area contributed by atoms with E-state index in [1.807, 2.05) is 31.2 Å². The van der Waals surface area contributed by atoms with E-state index in [0.717, 1.165) is 29.7 Å². The van der Waals surface area contributed by atoms with Gasteiger partial charge in [-0.05, 0) is 25.5 Å². The number of amides is 1. The van der Waals surface area contributed by atoms with Crippen molar-refractivity contribution >= 4 is 16.9 Å². The zero-order chi connectivity index (χ0) is 24.9. The van der Waals surface area contributed by atoms with E-state index < -0.39 is 0 Å². The molecule has 0 spiro atoms. The van der Waals surface area contributed by atoms with Crippen molar-refractivity contribution in [2.75, 3.05) is 27.9 Å². The van der Waals surface area contributed by atoms with E-state index in [9.17, 15) is 4.79 Å². The number of carbonyl (C=O) groups is 1. The molecule has 0 fully saturated rings. The van der Waals surface area contributed by atoms with E-state index in [-0.39, 0.29) is 5.91 Å². The largest absolute Gasteiger partial charge is 0.496 e. The number of H-pyrrole nitrogens is 1. The van der Waals surface area contributed by atoms with Gasteiger partial charge in [-0.15, -0.1) is 0 Å². The monoisotopic (exact) mass is 474 g/mol. The Bertz CT molecular complexity index is 1350. The molecule has 1 amide bonds. The average Bonchev–Trinajstić information content (AvgIpc) is 3.31. The van der Waals surface area contributed by atoms with Crippen LogP contribution in [0.15, 0.2) is 42.5 Å². The number of hydrogen-bond acceptors (Lipinski definition) is 6. The van der Waals surface area contributed by atoms with Crippen LogP contribution in [0.1, 0.15) is 35.7 Å². The maximum absolute atomic E-state index is 13.4. The molecule has 0 aliphatic carbocycles. The van der Waals surface area contributed by atoms with Gasteiger partial charge in [0.1, 0.15) is 5.75 Å². The molecule has 0 aliphatic rings. The number of unbranched alkanes of at least 4 members (excludes halogenated alkanes) is 1. The normalized spacial score (nSPS) is 10.9. The molecule has 2 aromatic heterocycles. The van der Waals surface area contributed by atoms with Gasteiger partial charge in [0.2, 0.25) is 0 Å². The summed E-state index contributed by atoms with van der Waals surface area (Å²) < 4.78 is 16.5. The van der Waals surface area contributed by atoms with Crippen molar-refractivity contribution < 1.29 is 19.0 Å². The number of ether oxygens (including phenoxy) is 3. The van der Waals surface area contributed by atoms with Crippen LogP contribution < -0.4 is 19.5 Å². The van der Waals surface area contributed by atoms with Crippen LogP contribution in [-0.4, -0.2) is 49.0 Å². The molecular weight excluding hydrogens is 444 g/mol. The predicted molar refractivity (Wildman–Crippen MR) is 136 cm³/mol. The fourth-order valence-electron chi connectivity index (χ4n) is 3.97. The van der Waals surface area contributed by atoms with Gasteiger partial charge in [0.15, 0.2) is 17.1 Å². The van der Waals surface area contributed by atoms with Gasteiger partial charge in [0, 0.05) is 23.7 Å². The summed E-state index contributed by atoms with van der Waals surface area (Å²) in [6, 6.07) is 13.4. The fraction of sp³-hybridized carbons (Fsp3) is 0.296. The Morgan fingerprint density at radius 1 is 0.971 bits per heavy atom. The lowest BCUT2D eigenvalue weighted by Gasteiger charge is -2.15. The second-order valence-electron chi connectivity index (χ2n) is 8.24. The average molecular weight is 475 g/mol. The predicted octanol–water partition coefficient (Wildman–Crippen LogP) is 5.16. The van der Waals surface area contributed by atoms with Crippen LogP contribution in [0.5, 0.6) is 17.2 Å². The first-order chi connectivity index (χ1) is 17.0. The molecule has 0 unspecified atom stereocenters. The number of aromatic amines is 1. The third-order valence-corrected chi connectivity index (χ3v) is 5.91. The van der Waals surface area contributed by atoms with Crippen molar-refractivity contribution in [3.05, 3.63) is 53.6 Å². The van der Waals surface area contributed by atoms with Gasteiger partial charge in [-0.3, -0.25) is 9.89 Å². The molecule has 0 saturated carbocycles. The number of nitrogens with one attached hydrogen (secondary N) is 2. The quantitative estimate of drug-likeness (QED) is 0.325. The van der Waals surface area contributed by atoms with Crippen LogP contribution in [0.4, 0.5) is 0 Å². The van der Waals surface area contributed by atoms with E-state index in [1.165, 1.54) is 0 Å². The molecule has 2 N–H and O–H groups in total. The summed E-state index contributed by atoms with van der Waals surface area (Å²) in [4.78, 5) is 18.2. The van der Waals surface area contributed by atoms with Gasteiger partial charge in [-0.1, -0.05) is 43.2 Å². The second-order valence-corrected chi connectivity index (χ2v) is 8.24. The summed E-state index contributed by atoms with van der Waals surface area (Å²) >= 11 is 0. The molecule has 0 bridgehead atoms. The minimum absolute atomic E-state index is 0.179. The molecule has 35 heavy (non-hydrogen) atoms. The highest BCUT2D eigenvalue weighted by Crippen LogP contribution is 2.41. The number of rotatable bonds is 9. The van der Waals surface area contributed by atoms with E-state index >= 15 is 0 Å². The maximum atomic E-state index is 13.4. The second kappa shape index (κ2) is 10.5. The van der Waals surface area contributed by atoms with Crippen molar-refractivity contribution in [3.8, 4) is 39.8 Å². The van der Waals surface area contributed by atoms with Crippen LogP contribution in [0.25, 0.3) is 33.5 Å². The zero-order valence-electron chi connectivity index (χ0n) is 20.7. The number of hydrogen-bond donors (Lipinski definition) is 2. The van der Waals surface area contributed by atoms with Gasteiger partial charge >= 0.3 is 0 Å². The third-order valence-electron chi connectivity index (χ3n) is 5.91. The molecule has 2 heterocycles. The Hall–Kier alpha value is -4.07. The molecule has 0 aliphatic heterocycles. The first-order valence-corrected chi connectivity index (χ1v) is 11.5. The van der Waals surface area contributed by atoms with Crippen molar-refractivity contribution in [1.82, 2.24) is 20.5 Å². The lowest BCUT2D eigenvalue weighted by atomic mass is 10.0. The number of aromatic nitrogens is 3. The van der Waals surface area contributed by atoms with Gasteiger partial charge in [0.25, 0.3) is 5.91 Å². The van der Waals surface area contributed by atoms with Gasteiger partial charge in [0.05, 0.1) is 43.7 Å². The Balaban J connectivity index is 1.93. The maximum Gasteiger partial charge on any atom is 0.252 e. The van der Waals surface area contributed by atoms with E-state index in [2.05, 4.69) is 22.4 Å². The third kappa shape index (κ3) is 4.77. The molecule has 182 valence electrons. The topological polar surface area (TPSA) is 98.4 Å². The van der Waals surface area contributed by atoms with Crippen molar-refractivity contribution in [1.29, 1.82) is 0 Å². The van der Waals surface area contributed by atoms with Crippen LogP contribution in [-0.2, 0) is 0 Å². The van der Waals surface area contributed by atoms with Crippen LogP contribution >= 0.6 is 0 Å². The van der Waals surface area contributed by atoms with Crippen LogP contribution in [0, 0.1) is 6.92 Å². The summed E-state index contributed by atoms with van der Waals surface area (Å²) in [5, 5.41) is 11.3. The minimum Gasteiger partial charge on any atom is -0.496 e. The number of nitrogens with zero attached hydrogens (tertiary/aromatic N) is 2. The number of carbonyl (C=O) groups excluding carboxylic acids is 1. The highest BCUT2D eigenvalue weighted by atomic mass is 16.5. The Morgan fingerprint density at radius 3 is 2.31 bits per heavy atom. The molecule has 4 aromatic rings. The highest BCUT2D eigenvalue weighted by Gasteiger charge is 2.22. The summed E-state index contributed by atoms with van der Waals surface area (Å²) in [7, 11) is 4.71. The molecule has 0 radical (unpaired) electrons. The molecule has 2 aromatic carbocycles. The van der Waals surface area contributed by atoms with Crippen molar-refractivity contribution in [3.63, 3.8) is 0 Å². The summed E-state index contributed by atoms with van der Waals surface area (Å²) in [6.07, 6.45) is 1.88. The molecule has 8 heteroatoms. The number of methoxy groups -OCH3 is 3. The Kier molecular flexibility index (Phi) is 7.19. The van der Waals surface area contributed by atoms with Crippen LogP contribution in [0.3, 0.4) is 0 Å². The first-order valence-electron chi connectivity index (χ1n) is 11.5. The van der Waals surface area contributed by atoms with Gasteiger partial charge in [-0.25, -0.2) is 4.98 Å². The Labute approximate surface area is 204 Å². The van der Waals surface area contributed by atoms with Crippen LogP contribution in [0.2, 0.25) is 0 Å². The lowest BCUT2D eigenvalue weighted by Crippen LogP contribution is -2.24. The standard InChI is InChI=1S/C27H30N4O4/c1-6-7-12-28-27(32)19-13-20(18-14-22(34-4)23(35-5)15-21(18)33-3)29-26-24(19)25(30-31-26)17-10-8-16(2)9-11-17/h8-11,13-15H,6-7,12H2,1-5H3,(H,28,32)(H,29,30,31). The smallest absolute Gasteiger partial charge is 0.252 e. The molecule has 0 saturated heterocycles. The Morgan fingerprint density at radius 2 is 1.66 bits per heavy atom. The highest BCUT2D eigenvalue weighted by molar-refractivity contribution is 6.11. The number of aryl methyl sites for hydroxylation is 1. The van der Waals surface area contributed by atoms with E-state index in [4.69, 9.17) is 19.2 Å². The molecular formula is C27H30N4O4. The van der Waals surface area contributed by atoms with Gasteiger partial charge < -0.3 is 19.5 Å². The summed E-state index contributed by atoms with van der Waals surface area (Å²) in [6.45, 7) is 4.71. The summed E-state index contributed by atoms with van der Waals surface area (Å²) in [5.74, 6) is 1.43. The zero-order valence-corrected chi connectivity index (χ0v) is 20.7. The van der Waals surface area contributed by atoms with Crippen molar-refractivity contribution in [2.45, 2.75) is 26.7 Å². The SMILES string of the molecule is CCCCNC(=O)c1cc(-c2cc(OC)c(OC)cc2OC)nc2n[nH]c(-c3ccc(C)cc3)c12. The summed E-state index contributed by atoms with van der Waals surface area (Å²) in [5.41, 5.74) is 4.96. The molecule has 4 rings (SSSR count). The molecule has 8 nitrogen and oxygen atoms in total. The number of benzene rings is 2. The molecule has 0 atom stereocenters. The fourth-order valence-corrected chi connectivity index (χ4v) is 3.97. The number of fused-ring (bicyclic) bond motifs is 1.